The van der Waals surface area contributed by atoms with Crippen LogP contribution in [0.15, 0.2) is 279 Å². The zero-order chi connectivity index (χ0) is 90.1. The minimum atomic E-state index is -10.7. The largest absolute Gasteiger partial charge is 0.417 e. The van der Waals surface area contributed by atoms with Crippen LogP contribution in [0.2, 0.25) is 0 Å². The standard InChI is InChI=1S/2C21H15Br2NO.C18H24N2.C12H5F5N.C12H8F2N.C11H14O3.F6P.Ir/c2*22-15-7-9-18-14(10-15)11-19-17-8-6-16(23)12-20(17)25-21(24(18)19)13-4-2-1-3-5-13;1-17(2,3)13-7-9-19-15(11-13)16-12-14(8-10-20-16)18(4,5)6;13-8-2-3-9(10(14)5-8)11-4-1-7(6-18-11)12(15,16)17;1-8-2-5-12(15-7-8)10-4-3-9(13)6-11(10)14;1-11(2,3)14-13-10(12)9-7-5-4-6-8-9;1-7(2,3,4,5)6;/h2*1-10,12,19,21H,11H2;7-12H,1-6H3;1-2,4-6H;2-3,5-7H,1H3;4-8H,1-3H3;;/q;;;2*-1;;-1;/t2*19?,21-;;;;;;/m00....../s1. The van der Waals surface area contributed by atoms with Crippen molar-refractivity contribution in [2.45, 2.75) is 129 Å². The number of pyridine rings is 4. The van der Waals surface area contributed by atoms with Crippen molar-refractivity contribution in [3.05, 3.63) is 376 Å². The molecule has 30 heteroatoms. The molecule has 4 aliphatic rings. The Balaban J connectivity index is 0.000000156. The van der Waals surface area contributed by atoms with E-state index in [0.29, 0.717) is 35.6 Å². The van der Waals surface area contributed by atoms with E-state index in [1.807, 2.05) is 64.4 Å². The van der Waals surface area contributed by atoms with E-state index in [-0.39, 0.29) is 60.2 Å². The molecular weight excluding hydrogens is 2090 g/mol. The Bertz CT molecular complexity index is 5690. The molecule has 8 heterocycles. The van der Waals surface area contributed by atoms with E-state index in [1.54, 1.807) is 36.5 Å². The fourth-order valence-electron chi connectivity index (χ4n) is 13.3. The second kappa shape index (κ2) is 39.7. The molecule has 657 valence electrons. The van der Waals surface area contributed by atoms with Gasteiger partial charge in [0.05, 0.1) is 34.6 Å². The molecule has 11 nitrogen and oxygen atoms in total. The molecule has 0 saturated heterocycles. The molecule has 0 aliphatic carbocycles. The van der Waals surface area contributed by atoms with Gasteiger partial charge >= 0.3 is 45.1 Å². The molecule has 4 atom stereocenters. The summed E-state index contributed by atoms with van der Waals surface area (Å²) in [6.07, 6.45) is 3.23. The predicted octanol–water partition coefficient (Wildman–Crippen LogP) is 30.5. The average molecular weight is 2180 g/mol. The van der Waals surface area contributed by atoms with Crippen molar-refractivity contribution < 1.29 is 100 Å². The van der Waals surface area contributed by atoms with Gasteiger partial charge in [0, 0.05) is 120 Å². The van der Waals surface area contributed by atoms with Gasteiger partial charge in [0.2, 0.25) is 0 Å². The SMILES string of the molecule is Brc1ccc2c(c1)CC1c3ccc(Br)cc3O[C@@H](c3ccccc3)N21.Brc1ccc2c(c1)CC1c3ccc(Br)cc3O[C@@H](c3ccccc3)N21.CC(C)(C)OOC(=O)c1ccccc1.CC(C)(C)c1ccnc(-c2cc(C(C)(C)C)ccn2)c1.Cc1ccc(-c2[c-]cc(F)cc2F)nc1.F[P-](F)(F)(F)(F)F.Fc1c[c-]c(-c2ccc(C(F)(F)F)cn2)c(F)c1.[Ir]. The Labute approximate surface area is 763 Å². The predicted molar refractivity (Wildman–Crippen MR) is 472 cm³/mol. The monoisotopic (exact) mass is 2170 g/mol. The van der Waals surface area contributed by atoms with Gasteiger partial charge in [-0.25, -0.2) is 4.79 Å². The molecule has 4 aromatic heterocycles. The Morgan fingerprint density at radius 1 is 0.456 bits per heavy atom. The van der Waals surface area contributed by atoms with Gasteiger partial charge in [-0.2, -0.15) is 18.1 Å². The molecular formula is C95H81Br4F13IrN6O5P-3. The van der Waals surface area contributed by atoms with Crippen molar-refractivity contribution >= 4 is 88.9 Å². The number of halogens is 17. The number of aryl methyl sites for hydroxylation is 1. The fraction of sp³-hybridized carbons (Fsp3) is 0.211. The van der Waals surface area contributed by atoms with Crippen LogP contribution in [-0.2, 0) is 59.7 Å². The molecule has 4 aliphatic heterocycles. The summed E-state index contributed by atoms with van der Waals surface area (Å²) in [7, 11) is -10.7. The number of benzene rings is 9. The van der Waals surface area contributed by atoms with Gasteiger partial charge < -0.3 is 29.2 Å². The van der Waals surface area contributed by atoms with Crippen molar-refractivity contribution in [3.8, 4) is 45.4 Å². The second-order valence-corrected chi connectivity index (χ2v) is 37.5. The van der Waals surface area contributed by atoms with Gasteiger partial charge in [0.25, 0.3) is 0 Å². The van der Waals surface area contributed by atoms with Crippen molar-refractivity contribution in [2.75, 3.05) is 9.80 Å². The number of fused-ring (bicyclic) bond motifs is 10. The molecule has 0 amide bonds. The molecule has 2 unspecified atom stereocenters. The maximum absolute atomic E-state index is 13.3. The summed E-state index contributed by atoms with van der Waals surface area (Å²) in [5.41, 5.74) is 15.3. The third kappa shape index (κ3) is 27.7. The molecule has 125 heavy (non-hydrogen) atoms. The molecule has 0 N–H and O–H groups in total. The summed E-state index contributed by atoms with van der Waals surface area (Å²) in [6.45, 7) is 20.6. The second-order valence-electron chi connectivity index (χ2n) is 31.9. The number of hydrogen-bond acceptors (Lipinski definition) is 11. The van der Waals surface area contributed by atoms with E-state index >= 15 is 0 Å². The number of rotatable bonds is 7. The normalized spacial score (nSPS) is 15.6. The first-order valence-corrected chi connectivity index (χ1v) is 43.6. The molecule has 9 aromatic carbocycles. The van der Waals surface area contributed by atoms with Gasteiger partial charge in [-0.05, 0) is 188 Å². The zero-order valence-corrected chi connectivity index (χ0v) is 78.1. The van der Waals surface area contributed by atoms with E-state index in [0.717, 1.165) is 89.5 Å². The van der Waals surface area contributed by atoms with E-state index in [4.69, 9.17) is 14.4 Å². The van der Waals surface area contributed by atoms with Crippen LogP contribution in [0.25, 0.3) is 33.9 Å². The number of alkyl halides is 3. The summed E-state index contributed by atoms with van der Waals surface area (Å²) >= 11 is 14.4. The Morgan fingerprint density at radius 2 is 0.840 bits per heavy atom. The van der Waals surface area contributed by atoms with Gasteiger partial charge in [-0.3, -0.25) is 32.4 Å². The van der Waals surface area contributed by atoms with E-state index in [1.165, 1.54) is 55.9 Å². The Hall–Kier alpha value is -9.70. The van der Waals surface area contributed by atoms with Crippen LogP contribution in [0.5, 0.6) is 11.5 Å². The molecule has 0 spiro atoms. The van der Waals surface area contributed by atoms with Crippen LogP contribution < -0.4 is 19.3 Å². The van der Waals surface area contributed by atoms with Gasteiger partial charge in [0.15, 0.2) is 12.5 Å². The van der Waals surface area contributed by atoms with Crippen LogP contribution in [0.1, 0.15) is 153 Å². The number of hydrogen-bond donors (Lipinski definition) is 0. The molecule has 0 saturated carbocycles. The first kappa shape index (κ1) is 97.5. The van der Waals surface area contributed by atoms with Crippen LogP contribution in [0, 0.1) is 42.3 Å². The van der Waals surface area contributed by atoms with Crippen molar-refractivity contribution in [1.29, 1.82) is 0 Å². The first-order chi connectivity index (χ1) is 58.1. The van der Waals surface area contributed by atoms with Gasteiger partial charge in [0.1, 0.15) is 17.1 Å². The number of aromatic nitrogens is 4. The smallest absolute Gasteiger partial charge is 0.304 e. The van der Waals surface area contributed by atoms with Crippen molar-refractivity contribution in [1.82, 2.24) is 19.9 Å². The third-order valence-electron chi connectivity index (χ3n) is 19.1. The maximum Gasteiger partial charge on any atom is 0.417 e. The molecule has 0 bridgehead atoms. The minimum Gasteiger partial charge on any atom is -0.304 e. The number of carbonyl (C=O) groups is 1. The number of carbonyl (C=O) groups excluding carboxylic acids is 1. The maximum atomic E-state index is 13.3. The molecule has 1 radical (unpaired) electrons. The van der Waals surface area contributed by atoms with E-state index < -0.39 is 54.4 Å². The summed E-state index contributed by atoms with van der Waals surface area (Å²) in [4.78, 5) is 42.2. The van der Waals surface area contributed by atoms with Gasteiger partial charge in [-0.1, -0.05) is 244 Å². The van der Waals surface area contributed by atoms with Crippen molar-refractivity contribution in [2.24, 2.45) is 0 Å². The third-order valence-corrected chi connectivity index (χ3v) is 21.1. The first-order valence-electron chi connectivity index (χ1n) is 38.4. The Morgan fingerprint density at radius 3 is 1.20 bits per heavy atom. The summed E-state index contributed by atoms with van der Waals surface area (Å²) < 4.78 is 165. The van der Waals surface area contributed by atoms with E-state index in [9.17, 15) is 60.7 Å². The molecule has 17 rings (SSSR count). The van der Waals surface area contributed by atoms with Crippen LogP contribution in [0.3, 0.4) is 0 Å². The van der Waals surface area contributed by atoms with Crippen LogP contribution in [-0.4, -0.2) is 31.5 Å². The number of ether oxygens (including phenoxy) is 2. The summed E-state index contributed by atoms with van der Waals surface area (Å²) in [5.74, 6) is -1.56. The number of anilines is 2. The minimum absolute atomic E-state index is 0. The topological polar surface area (TPSA) is 112 Å². The molecule has 13 aromatic rings. The quantitative estimate of drug-likeness (QED) is 0.0500. The van der Waals surface area contributed by atoms with Crippen LogP contribution in [0.4, 0.5) is 67.3 Å². The van der Waals surface area contributed by atoms with Crippen LogP contribution >= 0.6 is 71.5 Å². The van der Waals surface area contributed by atoms with Crippen molar-refractivity contribution in [3.63, 3.8) is 0 Å². The summed E-state index contributed by atoms with van der Waals surface area (Å²) in [6, 6.07) is 78.1. The fourth-order valence-corrected chi connectivity index (χ4v) is 14.8. The molecule has 0 fully saturated rings. The van der Waals surface area contributed by atoms with E-state index in [2.05, 4.69) is 298 Å². The average Bonchev–Trinajstić information content (AvgIpc) is 1.60. The summed E-state index contributed by atoms with van der Waals surface area (Å²) in [5, 5.41) is 0. The zero-order valence-electron chi connectivity index (χ0n) is 68.5. The Kier molecular flexibility index (Phi) is 30.9. The van der Waals surface area contributed by atoms with Gasteiger partial charge in [-0.15, -0.1) is 24.3 Å². The number of nitrogens with zero attached hydrogens (tertiary/aromatic N) is 6.